The summed E-state index contributed by atoms with van der Waals surface area (Å²) in [6, 6.07) is 4.02. The number of hydrogen-bond acceptors (Lipinski definition) is 5. The van der Waals surface area contributed by atoms with Crippen molar-refractivity contribution in [1.82, 2.24) is 0 Å². The predicted octanol–water partition coefficient (Wildman–Crippen LogP) is 2.24. The lowest BCUT2D eigenvalue weighted by molar-refractivity contribution is -0.132. The first-order valence-corrected chi connectivity index (χ1v) is 6.58. The van der Waals surface area contributed by atoms with Crippen LogP contribution in [0.2, 0.25) is 0 Å². The van der Waals surface area contributed by atoms with Crippen LogP contribution in [0.5, 0.6) is 5.75 Å². The smallest absolute Gasteiger partial charge is 0.251 e. The number of anilines is 1. The van der Waals surface area contributed by atoms with Gasteiger partial charge in [-0.2, -0.15) is 0 Å². The monoisotopic (exact) mass is 279 g/mol. The minimum Gasteiger partial charge on any atom is -0.506 e. The van der Waals surface area contributed by atoms with Crippen LogP contribution in [0.3, 0.4) is 0 Å². The van der Waals surface area contributed by atoms with Gasteiger partial charge in [-0.05, 0) is 37.6 Å². The molecule has 0 heterocycles. The van der Waals surface area contributed by atoms with E-state index in [1.54, 1.807) is 13.0 Å². The molecule has 4 N–H and O–H groups in total. The van der Waals surface area contributed by atoms with Crippen LogP contribution in [-0.2, 0) is 4.74 Å². The van der Waals surface area contributed by atoms with Gasteiger partial charge < -0.3 is 20.7 Å². The number of phenols is 1. The Morgan fingerprint density at radius 1 is 1.50 bits per heavy atom. The topological polar surface area (TPSA) is 92.8 Å². The van der Waals surface area contributed by atoms with Crippen molar-refractivity contribution >= 4 is 11.5 Å². The number of carbonyl (C=O) groups is 1. The first-order valence-electron chi connectivity index (χ1n) is 6.58. The highest BCUT2D eigenvalue weighted by Crippen LogP contribution is 2.24. The number of rotatable bonds is 7. The Morgan fingerprint density at radius 2 is 2.20 bits per heavy atom. The maximum Gasteiger partial charge on any atom is 0.251 e. The Bertz CT molecular complexity index is 499. The number of unbranched alkanes of at least 4 members (excludes halogenated alkanes) is 1. The largest absolute Gasteiger partial charge is 0.506 e. The molecule has 1 aromatic rings. The maximum atomic E-state index is 12.4. The third kappa shape index (κ3) is 3.82. The van der Waals surface area contributed by atoms with E-state index in [0.29, 0.717) is 0 Å². The third-order valence-electron chi connectivity index (χ3n) is 2.83. The van der Waals surface area contributed by atoms with Crippen LogP contribution >= 0.6 is 0 Å². The van der Waals surface area contributed by atoms with Gasteiger partial charge in [0.25, 0.3) is 5.79 Å². The molecule has 0 aliphatic heterocycles. The van der Waals surface area contributed by atoms with E-state index in [-0.39, 0.29) is 23.6 Å². The van der Waals surface area contributed by atoms with Crippen molar-refractivity contribution in [3.63, 3.8) is 0 Å². The minimum absolute atomic E-state index is 0.0761. The maximum absolute atomic E-state index is 12.4. The van der Waals surface area contributed by atoms with Gasteiger partial charge >= 0.3 is 0 Å². The van der Waals surface area contributed by atoms with E-state index in [2.05, 4.69) is 0 Å². The molecule has 110 valence electrons. The van der Waals surface area contributed by atoms with Crippen molar-refractivity contribution in [1.29, 1.82) is 0 Å². The van der Waals surface area contributed by atoms with Gasteiger partial charge in [0.2, 0.25) is 5.78 Å². The number of nitrogen functional groups attached to an aromatic ring is 1. The SMILES string of the molecule is CC=CC(O)(OCCCC)C(=O)c1ccc(O)c(N)c1. The summed E-state index contributed by atoms with van der Waals surface area (Å²) < 4.78 is 5.31. The lowest BCUT2D eigenvalue weighted by Gasteiger charge is -2.23. The molecule has 0 amide bonds. The molecule has 0 radical (unpaired) electrons. The number of benzene rings is 1. The van der Waals surface area contributed by atoms with Crippen LogP contribution in [-0.4, -0.2) is 28.4 Å². The van der Waals surface area contributed by atoms with Crippen LogP contribution in [0, 0.1) is 0 Å². The molecule has 5 heteroatoms. The molecule has 1 atom stereocenters. The lowest BCUT2D eigenvalue weighted by atomic mass is 10.0. The summed E-state index contributed by atoms with van der Waals surface area (Å²) in [6.07, 6.45) is 4.48. The van der Waals surface area contributed by atoms with Gasteiger partial charge in [0, 0.05) is 5.56 Å². The van der Waals surface area contributed by atoms with Crippen LogP contribution < -0.4 is 5.73 Å². The van der Waals surface area contributed by atoms with Gasteiger partial charge in [-0.1, -0.05) is 19.4 Å². The number of Topliss-reactive ketones (excluding diaryl/α,β-unsaturated/α-hetero) is 1. The number of aromatic hydroxyl groups is 1. The van der Waals surface area contributed by atoms with Gasteiger partial charge in [0.1, 0.15) is 5.75 Å². The number of nitrogens with two attached hydrogens (primary N) is 1. The molecule has 0 bridgehead atoms. The Labute approximate surface area is 118 Å². The molecule has 20 heavy (non-hydrogen) atoms. The van der Waals surface area contributed by atoms with E-state index in [1.807, 2.05) is 6.92 Å². The van der Waals surface area contributed by atoms with Gasteiger partial charge in [-0.15, -0.1) is 0 Å². The molecular weight excluding hydrogens is 258 g/mol. The molecule has 5 nitrogen and oxygen atoms in total. The summed E-state index contributed by atoms with van der Waals surface area (Å²) in [7, 11) is 0. The van der Waals surface area contributed by atoms with E-state index in [4.69, 9.17) is 10.5 Å². The number of aliphatic hydroxyl groups is 1. The van der Waals surface area contributed by atoms with E-state index in [9.17, 15) is 15.0 Å². The molecule has 1 unspecified atom stereocenters. The summed E-state index contributed by atoms with van der Waals surface area (Å²) in [6.45, 7) is 3.95. The first kappa shape index (κ1) is 16.2. The fraction of sp³-hybridized carbons (Fsp3) is 0.400. The standard InChI is InChI=1S/C15H21NO4/c1-3-5-9-20-15(19,8-4-2)14(18)11-6-7-13(17)12(16)10-11/h4,6-8,10,17,19H,3,5,9,16H2,1-2H3. The summed E-state index contributed by atoms with van der Waals surface area (Å²) in [5.74, 6) is -2.73. The zero-order chi connectivity index (χ0) is 15.2. The normalized spacial score (nSPS) is 14.3. The van der Waals surface area contributed by atoms with Crippen LogP contribution in [0.15, 0.2) is 30.4 Å². The molecule has 0 spiro atoms. The summed E-state index contributed by atoms with van der Waals surface area (Å²) in [5, 5.41) is 19.7. The molecule has 1 aromatic carbocycles. The van der Waals surface area contributed by atoms with Gasteiger partial charge in [-0.3, -0.25) is 4.79 Å². The van der Waals surface area contributed by atoms with E-state index in [0.717, 1.165) is 12.8 Å². The highest BCUT2D eigenvalue weighted by Gasteiger charge is 2.35. The first-order chi connectivity index (χ1) is 9.44. The van der Waals surface area contributed by atoms with Crippen molar-refractivity contribution in [2.24, 2.45) is 0 Å². The summed E-state index contributed by atoms with van der Waals surface area (Å²) >= 11 is 0. The molecule has 0 aliphatic rings. The average Bonchev–Trinajstić information content (AvgIpc) is 2.41. The number of phenolic OH excluding ortho intramolecular Hbond substituents is 1. The van der Waals surface area contributed by atoms with E-state index in [1.165, 1.54) is 24.3 Å². The molecule has 0 saturated heterocycles. The van der Waals surface area contributed by atoms with Crippen LogP contribution in [0.25, 0.3) is 0 Å². The molecule has 1 rings (SSSR count). The fourth-order valence-corrected chi connectivity index (χ4v) is 1.69. The number of hydrogen-bond donors (Lipinski definition) is 3. The molecule has 0 saturated carbocycles. The molecule has 0 fully saturated rings. The number of carbonyl (C=O) groups excluding carboxylic acids is 1. The Balaban J connectivity index is 3.00. The van der Waals surface area contributed by atoms with Crippen molar-refractivity contribution in [3.8, 4) is 5.75 Å². The predicted molar refractivity (Wildman–Crippen MR) is 77.5 cm³/mol. The third-order valence-corrected chi connectivity index (χ3v) is 2.83. The zero-order valence-electron chi connectivity index (χ0n) is 11.8. The lowest BCUT2D eigenvalue weighted by Crippen LogP contribution is -2.40. The Hall–Kier alpha value is -1.85. The second kappa shape index (κ2) is 7.07. The Kier molecular flexibility index (Phi) is 5.73. The zero-order valence-corrected chi connectivity index (χ0v) is 11.8. The van der Waals surface area contributed by atoms with Crippen molar-refractivity contribution in [2.45, 2.75) is 32.5 Å². The van der Waals surface area contributed by atoms with Crippen LogP contribution in [0.1, 0.15) is 37.0 Å². The van der Waals surface area contributed by atoms with Crippen molar-refractivity contribution in [2.75, 3.05) is 12.3 Å². The highest BCUT2D eigenvalue weighted by molar-refractivity contribution is 6.03. The number of allylic oxidation sites excluding steroid dienone is 1. The summed E-state index contributed by atoms with van der Waals surface area (Å²) in [5.41, 5.74) is 5.81. The molecule has 0 aliphatic carbocycles. The van der Waals surface area contributed by atoms with Gasteiger partial charge in [-0.25, -0.2) is 0 Å². The second-order valence-electron chi connectivity index (χ2n) is 4.50. The Morgan fingerprint density at radius 3 is 2.75 bits per heavy atom. The van der Waals surface area contributed by atoms with Gasteiger partial charge in [0.05, 0.1) is 12.3 Å². The molecular formula is C15H21NO4. The summed E-state index contributed by atoms with van der Waals surface area (Å²) in [4.78, 5) is 12.4. The quantitative estimate of drug-likeness (QED) is 0.178. The number of ketones is 1. The fourth-order valence-electron chi connectivity index (χ4n) is 1.69. The molecule has 0 aromatic heterocycles. The van der Waals surface area contributed by atoms with E-state index < -0.39 is 11.6 Å². The minimum atomic E-state index is -2.01. The second-order valence-corrected chi connectivity index (χ2v) is 4.50. The van der Waals surface area contributed by atoms with Crippen molar-refractivity contribution in [3.05, 3.63) is 35.9 Å². The van der Waals surface area contributed by atoms with Crippen molar-refractivity contribution < 1.29 is 19.7 Å². The van der Waals surface area contributed by atoms with E-state index >= 15 is 0 Å². The highest BCUT2D eigenvalue weighted by atomic mass is 16.6. The number of ether oxygens (including phenoxy) is 1. The van der Waals surface area contributed by atoms with Crippen LogP contribution in [0.4, 0.5) is 5.69 Å². The van der Waals surface area contributed by atoms with Gasteiger partial charge in [0.15, 0.2) is 0 Å². The average molecular weight is 279 g/mol.